The van der Waals surface area contributed by atoms with E-state index in [1.807, 2.05) is 17.3 Å². The lowest BCUT2D eigenvalue weighted by molar-refractivity contribution is -0.142. The number of hydrogen-bond acceptors (Lipinski definition) is 5. The molecule has 142 valence electrons. The first kappa shape index (κ1) is 18.4. The number of likely N-dealkylation sites (N-methyl/N-ethyl adjacent to an activating group) is 1. The van der Waals surface area contributed by atoms with Crippen LogP contribution in [0.5, 0.6) is 0 Å². The molecule has 1 aromatic heterocycles. The van der Waals surface area contributed by atoms with Crippen LogP contribution in [-0.4, -0.2) is 75.6 Å². The molecule has 1 aromatic rings. The number of carbonyl (C=O) groups excluding carboxylic acids is 1. The van der Waals surface area contributed by atoms with Gasteiger partial charge in [-0.25, -0.2) is 14.8 Å². The summed E-state index contributed by atoms with van der Waals surface area (Å²) >= 11 is 0. The number of likely N-dealkylation sites (tertiary alicyclic amines) is 1. The van der Waals surface area contributed by atoms with Crippen LogP contribution in [0, 0.1) is 0 Å². The van der Waals surface area contributed by atoms with Crippen molar-refractivity contribution in [1.82, 2.24) is 19.8 Å². The molecule has 2 amide bonds. The van der Waals surface area contributed by atoms with Crippen LogP contribution < -0.4 is 4.90 Å². The lowest BCUT2D eigenvalue weighted by Gasteiger charge is -2.43. The predicted molar refractivity (Wildman–Crippen MR) is 97.2 cm³/mol. The van der Waals surface area contributed by atoms with Gasteiger partial charge in [0.1, 0.15) is 6.04 Å². The topological polar surface area (TPSA) is 89.9 Å². The van der Waals surface area contributed by atoms with Crippen molar-refractivity contribution >= 4 is 17.9 Å². The van der Waals surface area contributed by atoms with Gasteiger partial charge >= 0.3 is 6.09 Å². The molecule has 2 fully saturated rings. The Balaban J connectivity index is 1.60. The van der Waals surface area contributed by atoms with Crippen LogP contribution in [0.4, 0.5) is 10.7 Å². The molecule has 1 N–H and O–H groups in total. The molecule has 2 aliphatic heterocycles. The molecule has 3 rings (SSSR count). The highest BCUT2D eigenvalue weighted by atomic mass is 16.4. The first-order chi connectivity index (χ1) is 12.5. The number of aryl methyl sites for hydroxylation is 1. The van der Waals surface area contributed by atoms with Crippen LogP contribution >= 0.6 is 0 Å². The molecule has 0 saturated carbocycles. The highest BCUT2D eigenvalue weighted by Crippen LogP contribution is 2.25. The molecule has 0 radical (unpaired) electrons. The van der Waals surface area contributed by atoms with Crippen molar-refractivity contribution in [2.75, 3.05) is 31.6 Å². The van der Waals surface area contributed by atoms with Gasteiger partial charge in [-0.1, -0.05) is 6.92 Å². The van der Waals surface area contributed by atoms with Gasteiger partial charge in [-0.15, -0.1) is 0 Å². The minimum Gasteiger partial charge on any atom is -0.465 e. The van der Waals surface area contributed by atoms with Crippen LogP contribution in [0.3, 0.4) is 0 Å². The molecule has 0 aromatic carbocycles. The van der Waals surface area contributed by atoms with E-state index < -0.39 is 12.1 Å². The van der Waals surface area contributed by atoms with Gasteiger partial charge in [0.15, 0.2) is 0 Å². The van der Waals surface area contributed by atoms with Crippen molar-refractivity contribution in [1.29, 1.82) is 0 Å². The summed E-state index contributed by atoms with van der Waals surface area (Å²) in [5.74, 6) is 0.692. The second-order valence-corrected chi connectivity index (χ2v) is 7.05. The van der Waals surface area contributed by atoms with Gasteiger partial charge < -0.3 is 14.9 Å². The second kappa shape index (κ2) is 7.88. The minimum atomic E-state index is -1.05. The maximum Gasteiger partial charge on any atom is 0.407 e. The molecule has 2 aliphatic rings. The van der Waals surface area contributed by atoms with E-state index in [1.54, 1.807) is 0 Å². The Kier molecular flexibility index (Phi) is 5.58. The third kappa shape index (κ3) is 3.73. The van der Waals surface area contributed by atoms with Crippen LogP contribution in [0.2, 0.25) is 0 Å². The molecule has 1 atom stereocenters. The quantitative estimate of drug-likeness (QED) is 0.876. The fraction of sp³-hybridized carbons (Fsp3) is 0.667. The first-order valence-electron chi connectivity index (χ1n) is 9.33. The zero-order chi connectivity index (χ0) is 18.7. The average molecular weight is 361 g/mol. The van der Waals surface area contributed by atoms with Crippen LogP contribution in [0.15, 0.2) is 12.4 Å². The van der Waals surface area contributed by atoms with Gasteiger partial charge in [-0.05, 0) is 37.7 Å². The Morgan fingerprint density at radius 3 is 2.46 bits per heavy atom. The number of amides is 2. The van der Waals surface area contributed by atoms with Crippen molar-refractivity contribution < 1.29 is 14.7 Å². The zero-order valence-electron chi connectivity index (χ0n) is 15.5. The monoisotopic (exact) mass is 361 g/mol. The summed E-state index contributed by atoms with van der Waals surface area (Å²) in [5.41, 5.74) is 1.12. The fourth-order valence-corrected chi connectivity index (χ4v) is 3.81. The molecule has 0 spiro atoms. The zero-order valence-corrected chi connectivity index (χ0v) is 15.5. The SMILES string of the molecule is CCc1cnc(N2CCC(N3CCCC(N(C)C(=O)O)C3=O)CC2)nc1. The summed E-state index contributed by atoms with van der Waals surface area (Å²) in [7, 11) is 1.48. The van der Waals surface area contributed by atoms with Gasteiger partial charge in [-0.3, -0.25) is 9.69 Å². The number of carboxylic acid groups (broad SMARTS) is 1. The van der Waals surface area contributed by atoms with Gasteiger partial charge in [0, 0.05) is 45.1 Å². The van der Waals surface area contributed by atoms with E-state index in [2.05, 4.69) is 21.8 Å². The number of carbonyl (C=O) groups is 2. The summed E-state index contributed by atoms with van der Waals surface area (Å²) < 4.78 is 0. The van der Waals surface area contributed by atoms with Crippen LogP contribution in [0.1, 0.15) is 38.2 Å². The summed E-state index contributed by atoms with van der Waals surface area (Å²) in [4.78, 5) is 38.1. The molecule has 0 aliphatic carbocycles. The van der Waals surface area contributed by atoms with Crippen molar-refractivity contribution in [2.45, 2.75) is 51.1 Å². The van der Waals surface area contributed by atoms with Crippen molar-refractivity contribution in [3.63, 3.8) is 0 Å². The highest BCUT2D eigenvalue weighted by Gasteiger charge is 2.38. The molecular weight excluding hydrogens is 334 g/mol. The van der Waals surface area contributed by atoms with Crippen molar-refractivity contribution in [2.24, 2.45) is 0 Å². The van der Waals surface area contributed by atoms with E-state index in [1.165, 1.54) is 7.05 Å². The second-order valence-electron chi connectivity index (χ2n) is 7.05. The Bertz CT molecular complexity index is 643. The van der Waals surface area contributed by atoms with Gasteiger partial charge in [-0.2, -0.15) is 0 Å². The number of hydrogen-bond donors (Lipinski definition) is 1. The number of aromatic nitrogens is 2. The number of piperidine rings is 2. The Labute approximate surface area is 153 Å². The molecule has 0 bridgehead atoms. The van der Waals surface area contributed by atoms with E-state index in [0.29, 0.717) is 6.42 Å². The van der Waals surface area contributed by atoms with Gasteiger partial charge in [0.05, 0.1) is 0 Å². The molecule has 8 nitrogen and oxygen atoms in total. The van der Waals surface area contributed by atoms with E-state index >= 15 is 0 Å². The van der Waals surface area contributed by atoms with E-state index in [-0.39, 0.29) is 11.9 Å². The third-order valence-electron chi connectivity index (χ3n) is 5.50. The number of anilines is 1. The molecular formula is C18H27N5O3. The standard InChI is InChI=1S/C18H27N5O3/c1-3-13-11-19-17(20-12-13)22-9-6-14(7-10-22)23-8-4-5-15(16(23)24)21(2)18(25)26/h11-12,14-15H,3-10H2,1-2H3,(H,25,26). The highest BCUT2D eigenvalue weighted by molar-refractivity contribution is 5.86. The molecule has 3 heterocycles. The van der Waals surface area contributed by atoms with Gasteiger partial charge in [0.25, 0.3) is 0 Å². The van der Waals surface area contributed by atoms with Crippen molar-refractivity contribution in [3.05, 3.63) is 18.0 Å². The maximum atomic E-state index is 12.8. The third-order valence-corrected chi connectivity index (χ3v) is 5.50. The Morgan fingerprint density at radius 2 is 1.88 bits per heavy atom. The lowest BCUT2D eigenvalue weighted by Crippen LogP contribution is -2.57. The lowest BCUT2D eigenvalue weighted by atomic mass is 9.97. The first-order valence-corrected chi connectivity index (χ1v) is 9.33. The van der Waals surface area contributed by atoms with Crippen LogP contribution in [0.25, 0.3) is 0 Å². The average Bonchev–Trinajstić information content (AvgIpc) is 2.68. The number of rotatable bonds is 4. The van der Waals surface area contributed by atoms with Gasteiger partial charge in [0.2, 0.25) is 11.9 Å². The summed E-state index contributed by atoms with van der Waals surface area (Å²) in [6, 6.07) is -0.386. The molecule has 26 heavy (non-hydrogen) atoms. The number of nitrogens with zero attached hydrogens (tertiary/aromatic N) is 5. The summed E-state index contributed by atoms with van der Waals surface area (Å²) in [6.07, 6.45) is 6.77. The summed E-state index contributed by atoms with van der Waals surface area (Å²) in [5, 5.41) is 9.18. The molecule has 2 saturated heterocycles. The minimum absolute atomic E-state index is 0.0526. The Morgan fingerprint density at radius 1 is 1.23 bits per heavy atom. The molecule has 8 heteroatoms. The summed E-state index contributed by atoms with van der Waals surface area (Å²) in [6.45, 7) is 4.41. The Hall–Kier alpha value is -2.38. The normalized spacial score (nSPS) is 21.8. The van der Waals surface area contributed by atoms with E-state index in [0.717, 1.165) is 61.7 Å². The smallest absolute Gasteiger partial charge is 0.407 e. The van der Waals surface area contributed by atoms with Crippen LogP contribution in [-0.2, 0) is 11.2 Å². The predicted octanol–water partition coefficient (Wildman–Crippen LogP) is 1.61. The largest absolute Gasteiger partial charge is 0.465 e. The van der Waals surface area contributed by atoms with E-state index in [4.69, 9.17) is 0 Å². The van der Waals surface area contributed by atoms with Crippen molar-refractivity contribution in [3.8, 4) is 0 Å². The molecule has 1 unspecified atom stereocenters. The fourth-order valence-electron chi connectivity index (χ4n) is 3.81. The van der Waals surface area contributed by atoms with E-state index in [9.17, 15) is 14.7 Å². The maximum absolute atomic E-state index is 12.8.